The van der Waals surface area contributed by atoms with Crippen LogP contribution in [0.5, 0.6) is 0 Å². The second-order valence-electron chi connectivity index (χ2n) is 6.14. The fourth-order valence-corrected chi connectivity index (χ4v) is 4.82. The van der Waals surface area contributed by atoms with Gasteiger partial charge in [-0.15, -0.1) is 0 Å². The maximum absolute atomic E-state index is 12.7. The third kappa shape index (κ3) is 5.21. The highest BCUT2D eigenvalue weighted by Crippen LogP contribution is 2.21. The minimum absolute atomic E-state index is 0.0584. The average Bonchev–Trinajstić information content (AvgIpc) is 2.65. The molecule has 0 aliphatic carbocycles. The second kappa shape index (κ2) is 9.38. The number of carboxylic acid groups (broad SMARTS) is 1. The van der Waals surface area contributed by atoms with Gasteiger partial charge in [0.05, 0.1) is 4.90 Å². The van der Waals surface area contributed by atoms with Crippen LogP contribution in [0.25, 0.3) is 0 Å². The first-order valence-electron chi connectivity index (χ1n) is 8.49. The van der Waals surface area contributed by atoms with E-state index in [1.54, 1.807) is 0 Å². The van der Waals surface area contributed by atoms with Crippen molar-refractivity contribution in [3.63, 3.8) is 0 Å². The number of carboxylic acids is 1. The third-order valence-corrected chi connectivity index (χ3v) is 6.80. The minimum Gasteiger partial charge on any atom is -0.480 e. The molecule has 1 amide bonds. The number of carbonyl (C=O) groups excluding carboxylic acids is 1. The van der Waals surface area contributed by atoms with Gasteiger partial charge >= 0.3 is 5.97 Å². The van der Waals surface area contributed by atoms with Crippen LogP contribution in [0.1, 0.15) is 36.0 Å². The fraction of sp³-hybridized carbons (Fsp3) is 0.529. The van der Waals surface area contributed by atoms with Crippen molar-refractivity contribution in [2.24, 2.45) is 0 Å². The lowest BCUT2D eigenvalue weighted by Crippen LogP contribution is -2.41. The molecule has 1 fully saturated rings. The van der Waals surface area contributed by atoms with E-state index in [-0.39, 0.29) is 10.5 Å². The Labute approximate surface area is 158 Å². The van der Waals surface area contributed by atoms with Crippen LogP contribution in [0.2, 0.25) is 0 Å². The number of rotatable bonds is 8. The Balaban J connectivity index is 2.17. The normalized spacial score (nSPS) is 16.8. The van der Waals surface area contributed by atoms with Crippen LogP contribution in [-0.4, -0.2) is 60.8 Å². The van der Waals surface area contributed by atoms with E-state index in [1.165, 1.54) is 40.3 Å². The van der Waals surface area contributed by atoms with Gasteiger partial charge in [-0.05, 0) is 49.5 Å². The predicted molar refractivity (Wildman–Crippen MR) is 101 cm³/mol. The SMILES string of the molecule is CSCCC(NC(=O)c1cccc(S(=O)(=O)N2CCCCC2)c1)C(=O)O. The van der Waals surface area contributed by atoms with E-state index in [9.17, 15) is 23.1 Å². The number of nitrogens with zero attached hydrogens (tertiary/aromatic N) is 1. The van der Waals surface area contributed by atoms with Gasteiger partial charge in [0.1, 0.15) is 6.04 Å². The van der Waals surface area contributed by atoms with Gasteiger partial charge in [-0.25, -0.2) is 13.2 Å². The van der Waals surface area contributed by atoms with Crippen molar-refractivity contribution in [3.8, 4) is 0 Å². The Morgan fingerprint density at radius 2 is 1.96 bits per heavy atom. The van der Waals surface area contributed by atoms with E-state index in [2.05, 4.69) is 5.32 Å². The predicted octanol–water partition coefficient (Wildman–Crippen LogP) is 1.80. The van der Waals surface area contributed by atoms with E-state index in [1.807, 2.05) is 6.26 Å². The highest BCUT2D eigenvalue weighted by Gasteiger charge is 2.27. The van der Waals surface area contributed by atoms with Crippen LogP contribution in [0.15, 0.2) is 29.2 Å². The van der Waals surface area contributed by atoms with Crippen LogP contribution >= 0.6 is 11.8 Å². The van der Waals surface area contributed by atoms with Crippen molar-refractivity contribution in [3.05, 3.63) is 29.8 Å². The molecule has 2 rings (SSSR count). The molecular formula is C17H24N2O5S2. The van der Waals surface area contributed by atoms with Gasteiger partial charge in [0.15, 0.2) is 0 Å². The van der Waals surface area contributed by atoms with E-state index in [0.29, 0.717) is 25.3 Å². The summed E-state index contributed by atoms with van der Waals surface area (Å²) in [6.07, 6.45) is 4.83. The summed E-state index contributed by atoms with van der Waals surface area (Å²) in [5, 5.41) is 11.7. The molecule has 2 N–H and O–H groups in total. The van der Waals surface area contributed by atoms with Crippen molar-refractivity contribution in [2.75, 3.05) is 25.1 Å². The molecule has 0 radical (unpaired) electrons. The lowest BCUT2D eigenvalue weighted by atomic mass is 10.1. The molecule has 1 heterocycles. The first-order valence-corrected chi connectivity index (χ1v) is 11.3. The number of amides is 1. The third-order valence-electron chi connectivity index (χ3n) is 4.26. The van der Waals surface area contributed by atoms with Crippen LogP contribution in [0.3, 0.4) is 0 Å². The van der Waals surface area contributed by atoms with Crippen LogP contribution in [0.4, 0.5) is 0 Å². The molecule has 1 aromatic carbocycles. The standard InChI is InChI=1S/C17H24N2O5S2/c1-25-11-8-15(17(21)22)18-16(20)13-6-5-7-14(12-13)26(23,24)19-9-3-2-4-10-19/h5-7,12,15H,2-4,8-11H2,1H3,(H,18,20)(H,21,22). The molecule has 0 bridgehead atoms. The zero-order valence-electron chi connectivity index (χ0n) is 14.7. The summed E-state index contributed by atoms with van der Waals surface area (Å²) in [5.74, 6) is -1.10. The van der Waals surface area contributed by atoms with Crippen molar-refractivity contribution >= 4 is 33.7 Å². The van der Waals surface area contributed by atoms with E-state index in [0.717, 1.165) is 19.3 Å². The number of carbonyl (C=O) groups is 2. The Bertz CT molecular complexity index is 745. The van der Waals surface area contributed by atoms with E-state index < -0.39 is 27.9 Å². The Kier molecular flexibility index (Phi) is 7.48. The lowest BCUT2D eigenvalue weighted by Gasteiger charge is -2.26. The molecule has 1 aliphatic heterocycles. The van der Waals surface area contributed by atoms with Crippen LogP contribution in [0, 0.1) is 0 Å². The van der Waals surface area contributed by atoms with E-state index in [4.69, 9.17) is 0 Å². The molecule has 1 aromatic rings. The number of nitrogens with one attached hydrogen (secondary N) is 1. The van der Waals surface area contributed by atoms with Crippen molar-refractivity contribution < 1.29 is 23.1 Å². The molecular weight excluding hydrogens is 376 g/mol. The number of hydrogen-bond donors (Lipinski definition) is 2. The number of thioether (sulfide) groups is 1. The summed E-state index contributed by atoms with van der Waals surface area (Å²) >= 11 is 1.49. The molecule has 7 nitrogen and oxygen atoms in total. The quantitative estimate of drug-likeness (QED) is 0.690. The maximum atomic E-state index is 12.7. The number of sulfonamides is 1. The van der Waals surface area contributed by atoms with E-state index >= 15 is 0 Å². The number of hydrogen-bond acceptors (Lipinski definition) is 5. The number of aliphatic carboxylic acids is 1. The topological polar surface area (TPSA) is 104 Å². The Morgan fingerprint density at radius 3 is 2.58 bits per heavy atom. The molecule has 1 atom stereocenters. The number of piperidine rings is 1. The summed E-state index contributed by atoms with van der Waals surface area (Å²) in [5.41, 5.74) is 0.137. The summed E-state index contributed by atoms with van der Waals surface area (Å²) in [6, 6.07) is 4.76. The zero-order valence-corrected chi connectivity index (χ0v) is 16.3. The van der Waals surface area contributed by atoms with Gasteiger partial charge in [-0.1, -0.05) is 12.5 Å². The van der Waals surface area contributed by atoms with Gasteiger partial charge in [0.2, 0.25) is 10.0 Å². The first kappa shape index (κ1) is 20.7. The second-order valence-corrected chi connectivity index (χ2v) is 9.06. The monoisotopic (exact) mass is 400 g/mol. The van der Waals surface area contributed by atoms with Crippen LogP contribution in [-0.2, 0) is 14.8 Å². The molecule has 0 aromatic heterocycles. The number of benzene rings is 1. The molecule has 9 heteroatoms. The van der Waals surface area contributed by atoms with Crippen molar-refractivity contribution in [2.45, 2.75) is 36.6 Å². The smallest absolute Gasteiger partial charge is 0.326 e. The lowest BCUT2D eigenvalue weighted by molar-refractivity contribution is -0.139. The van der Waals surface area contributed by atoms with Gasteiger partial charge < -0.3 is 10.4 Å². The maximum Gasteiger partial charge on any atom is 0.326 e. The first-order chi connectivity index (χ1) is 12.4. The van der Waals surface area contributed by atoms with Crippen molar-refractivity contribution in [1.82, 2.24) is 9.62 Å². The van der Waals surface area contributed by atoms with Gasteiger partial charge in [0, 0.05) is 18.7 Å². The summed E-state index contributed by atoms with van der Waals surface area (Å²) in [7, 11) is -3.64. The summed E-state index contributed by atoms with van der Waals surface area (Å²) in [6.45, 7) is 0.961. The molecule has 1 unspecified atom stereocenters. The van der Waals surface area contributed by atoms with Gasteiger partial charge in [-0.3, -0.25) is 4.79 Å². The molecule has 1 aliphatic rings. The minimum atomic E-state index is -3.64. The average molecular weight is 401 g/mol. The Hall–Kier alpha value is -1.58. The molecule has 144 valence electrons. The molecule has 0 spiro atoms. The highest BCUT2D eigenvalue weighted by atomic mass is 32.2. The molecule has 1 saturated heterocycles. The summed E-state index contributed by atoms with van der Waals surface area (Å²) in [4.78, 5) is 23.7. The van der Waals surface area contributed by atoms with Crippen LogP contribution < -0.4 is 5.32 Å². The molecule has 26 heavy (non-hydrogen) atoms. The zero-order chi connectivity index (χ0) is 19.2. The molecule has 0 saturated carbocycles. The van der Waals surface area contributed by atoms with Gasteiger partial charge in [0.25, 0.3) is 5.91 Å². The largest absolute Gasteiger partial charge is 0.480 e. The van der Waals surface area contributed by atoms with Crippen molar-refractivity contribution in [1.29, 1.82) is 0 Å². The fourth-order valence-electron chi connectivity index (χ4n) is 2.79. The highest BCUT2D eigenvalue weighted by molar-refractivity contribution is 7.98. The Morgan fingerprint density at radius 1 is 1.27 bits per heavy atom. The summed E-state index contributed by atoms with van der Waals surface area (Å²) < 4.78 is 26.9. The van der Waals surface area contributed by atoms with Gasteiger partial charge in [-0.2, -0.15) is 16.1 Å².